The van der Waals surface area contributed by atoms with Gasteiger partial charge in [0.1, 0.15) is 0 Å². The Labute approximate surface area is 113 Å². The molecule has 7 heteroatoms. The summed E-state index contributed by atoms with van der Waals surface area (Å²) in [6.07, 6.45) is 1.99. The van der Waals surface area contributed by atoms with Crippen LogP contribution in [0.3, 0.4) is 0 Å². The largest absolute Gasteiger partial charge is 0.356 e. The molecule has 1 atom stereocenters. The Bertz CT molecular complexity index is 397. The van der Waals surface area contributed by atoms with Crippen LogP contribution in [0.15, 0.2) is 3.92 Å². The third kappa shape index (κ3) is 3.16. The molecule has 1 amide bonds. The number of carbonyl (C=O) groups is 1. The van der Waals surface area contributed by atoms with Crippen LogP contribution in [-0.4, -0.2) is 35.7 Å². The number of halogens is 1. The number of aromatic nitrogens is 2. The van der Waals surface area contributed by atoms with Crippen LogP contribution in [0.4, 0.5) is 5.13 Å². The molecule has 2 heterocycles. The molecule has 2 rings (SSSR count). The van der Waals surface area contributed by atoms with Crippen LogP contribution in [0.5, 0.6) is 0 Å². The molecule has 0 aromatic carbocycles. The Kier molecular flexibility index (Phi) is 4.33. The molecule has 1 N–H and O–H groups in total. The van der Waals surface area contributed by atoms with Crippen LogP contribution in [0.1, 0.15) is 19.8 Å². The number of piperidine rings is 1. The molecule has 94 valence electrons. The van der Waals surface area contributed by atoms with Gasteiger partial charge in [0.05, 0.1) is 5.92 Å². The van der Waals surface area contributed by atoms with E-state index in [1.807, 2.05) is 6.92 Å². The Morgan fingerprint density at radius 3 is 3.12 bits per heavy atom. The first-order valence-corrected chi connectivity index (χ1v) is 7.33. The van der Waals surface area contributed by atoms with E-state index >= 15 is 0 Å². The molecule has 0 aliphatic carbocycles. The molecule has 0 saturated carbocycles. The minimum absolute atomic E-state index is 0.0753. The smallest absolute Gasteiger partial charge is 0.224 e. The van der Waals surface area contributed by atoms with Gasteiger partial charge >= 0.3 is 0 Å². The molecule has 1 fully saturated rings. The first kappa shape index (κ1) is 12.8. The molecule has 1 saturated heterocycles. The van der Waals surface area contributed by atoms with Gasteiger partial charge in [-0.15, -0.1) is 10.2 Å². The summed E-state index contributed by atoms with van der Waals surface area (Å²) in [4.78, 5) is 13.9. The van der Waals surface area contributed by atoms with Gasteiger partial charge in [0.25, 0.3) is 0 Å². The molecule has 0 radical (unpaired) electrons. The van der Waals surface area contributed by atoms with Crippen LogP contribution in [0.2, 0.25) is 0 Å². The summed E-state index contributed by atoms with van der Waals surface area (Å²) >= 11 is 4.82. The van der Waals surface area contributed by atoms with E-state index in [0.29, 0.717) is 6.54 Å². The van der Waals surface area contributed by atoms with E-state index in [0.717, 1.165) is 35.0 Å². The van der Waals surface area contributed by atoms with Gasteiger partial charge in [-0.1, -0.05) is 11.3 Å². The van der Waals surface area contributed by atoms with E-state index in [1.54, 1.807) is 0 Å². The fourth-order valence-electron chi connectivity index (χ4n) is 2.01. The van der Waals surface area contributed by atoms with Crippen molar-refractivity contribution in [3.05, 3.63) is 3.92 Å². The van der Waals surface area contributed by atoms with E-state index in [4.69, 9.17) is 0 Å². The topological polar surface area (TPSA) is 58.1 Å². The molecule has 17 heavy (non-hydrogen) atoms. The highest BCUT2D eigenvalue weighted by molar-refractivity contribution is 9.11. The monoisotopic (exact) mass is 318 g/mol. The predicted octanol–water partition coefficient (Wildman–Crippen LogP) is 1.65. The third-order valence-electron chi connectivity index (χ3n) is 2.80. The van der Waals surface area contributed by atoms with Crippen molar-refractivity contribution in [2.24, 2.45) is 5.92 Å². The van der Waals surface area contributed by atoms with Crippen LogP contribution >= 0.6 is 27.3 Å². The minimum atomic E-state index is 0.0753. The normalized spacial score (nSPS) is 20.4. The van der Waals surface area contributed by atoms with Gasteiger partial charge in [-0.25, -0.2) is 0 Å². The Balaban J connectivity index is 1.99. The van der Waals surface area contributed by atoms with Crippen molar-refractivity contribution in [1.82, 2.24) is 15.5 Å². The summed E-state index contributed by atoms with van der Waals surface area (Å²) in [5.74, 6) is 0.229. The lowest BCUT2D eigenvalue weighted by molar-refractivity contribution is -0.125. The molecule has 5 nitrogen and oxygen atoms in total. The lowest BCUT2D eigenvalue weighted by Crippen LogP contribution is -2.43. The molecular weight excluding hydrogens is 304 g/mol. The number of hydrogen-bond acceptors (Lipinski definition) is 5. The van der Waals surface area contributed by atoms with Crippen LogP contribution < -0.4 is 10.2 Å². The maximum absolute atomic E-state index is 11.8. The maximum atomic E-state index is 11.8. The van der Waals surface area contributed by atoms with Crippen molar-refractivity contribution in [3.8, 4) is 0 Å². The Morgan fingerprint density at radius 1 is 1.65 bits per heavy atom. The van der Waals surface area contributed by atoms with Gasteiger partial charge in [0, 0.05) is 19.6 Å². The quantitative estimate of drug-likeness (QED) is 0.920. The van der Waals surface area contributed by atoms with Gasteiger partial charge in [0.15, 0.2) is 3.92 Å². The van der Waals surface area contributed by atoms with E-state index < -0.39 is 0 Å². The number of anilines is 1. The van der Waals surface area contributed by atoms with Gasteiger partial charge in [0.2, 0.25) is 11.0 Å². The highest BCUT2D eigenvalue weighted by atomic mass is 79.9. The highest BCUT2D eigenvalue weighted by Gasteiger charge is 2.27. The highest BCUT2D eigenvalue weighted by Crippen LogP contribution is 2.28. The minimum Gasteiger partial charge on any atom is -0.356 e. The second kappa shape index (κ2) is 5.77. The molecule has 1 aliphatic rings. The van der Waals surface area contributed by atoms with Gasteiger partial charge in [-0.2, -0.15) is 0 Å². The van der Waals surface area contributed by atoms with Crippen molar-refractivity contribution in [2.45, 2.75) is 19.8 Å². The van der Waals surface area contributed by atoms with Crippen LogP contribution in [0, 0.1) is 5.92 Å². The summed E-state index contributed by atoms with van der Waals surface area (Å²) in [6, 6.07) is 0. The standard InChI is InChI=1S/C10H15BrN4OS/c1-2-12-8(16)7-4-3-5-15(6-7)10-14-13-9(11)17-10/h7H,2-6H2,1H3,(H,12,16)/t7-/m1/s1. The molecule has 1 aromatic heterocycles. The summed E-state index contributed by atoms with van der Waals surface area (Å²) in [5.41, 5.74) is 0. The second-order valence-electron chi connectivity index (χ2n) is 4.02. The number of nitrogens with zero attached hydrogens (tertiary/aromatic N) is 3. The van der Waals surface area contributed by atoms with Gasteiger partial charge < -0.3 is 10.2 Å². The van der Waals surface area contributed by atoms with Crippen molar-refractivity contribution in [3.63, 3.8) is 0 Å². The number of nitrogens with one attached hydrogen (secondary N) is 1. The number of carbonyl (C=O) groups excluding carboxylic acids is 1. The molecule has 1 aliphatic heterocycles. The Morgan fingerprint density at radius 2 is 2.47 bits per heavy atom. The predicted molar refractivity (Wildman–Crippen MR) is 71.2 cm³/mol. The third-order valence-corrected chi connectivity index (χ3v) is 4.22. The first-order valence-electron chi connectivity index (χ1n) is 5.72. The van der Waals surface area contributed by atoms with Gasteiger partial charge in [-0.3, -0.25) is 4.79 Å². The summed E-state index contributed by atoms with van der Waals surface area (Å²) < 4.78 is 0.785. The van der Waals surface area contributed by atoms with Crippen molar-refractivity contribution in [2.75, 3.05) is 24.5 Å². The summed E-state index contributed by atoms with van der Waals surface area (Å²) in [7, 11) is 0. The zero-order valence-electron chi connectivity index (χ0n) is 9.65. The summed E-state index contributed by atoms with van der Waals surface area (Å²) in [5, 5.41) is 11.8. The SMILES string of the molecule is CCNC(=O)[C@@H]1CCCN(c2nnc(Br)s2)C1. The fourth-order valence-corrected chi connectivity index (χ4v) is 3.13. The molecular formula is C10H15BrN4OS. The lowest BCUT2D eigenvalue weighted by Gasteiger charge is -2.31. The van der Waals surface area contributed by atoms with E-state index in [-0.39, 0.29) is 11.8 Å². The van der Waals surface area contributed by atoms with Crippen molar-refractivity contribution in [1.29, 1.82) is 0 Å². The number of amides is 1. The number of hydrogen-bond donors (Lipinski definition) is 1. The maximum Gasteiger partial charge on any atom is 0.224 e. The molecule has 1 aromatic rings. The summed E-state index contributed by atoms with van der Waals surface area (Å²) in [6.45, 7) is 4.34. The Hall–Kier alpha value is -0.690. The van der Waals surface area contributed by atoms with Crippen LogP contribution in [0.25, 0.3) is 0 Å². The van der Waals surface area contributed by atoms with Crippen molar-refractivity contribution < 1.29 is 4.79 Å². The van der Waals surface area contributed by atoms with Gasteiger partial charge in [-0.05, 0) is 35.7 Å². The zero-order valence-corrected chi connectivity index (χ0v) is 12.1. The fraction of sp³-hybridized carbons (Fsp3) is 0.700. The molecule has 0 unspecified atom stereocenters. The second-order valence-corrected chi connectivity index (χ2v) is 6.25. The average molecular weight is 319 g/mol. The average Bonchev–Trinajstić information content (AvgIpc) is 2.76. The lowest BCUT2D eigenvalue weighted by atomic mass is 9.97. The van der Waals surface area contributed by atoms with Crippen LogP contribution in [-0.2, 0) is 4.79 Å². The first-order chi connectivity index (χ1) is 8.20. The van der Waals surface area contributed by atoms with E-state index in [9.17, 15) is 4.79 Å². The zero-order chi connectivity index (χ0) is 12.3. The van der Waals surface area contributed by atoms with E-state index in [1.165, 1.54) is 11.3 Å². The molecule has 0 spiro atoms. The van der Waals surface area contributed by atoms with Crippen molar-refractivity contribution >= 4 is 38.3 Å². The molecule has 0 bridgehead atoms. The number of rotatable bonds is 3. The van der Waals surface area contributed by atoms with E-state index in [2.05, 4.69) is 36.3 Å².